The van der Waals surface area contributed by atoms with Crippen LogP contribution in [0.2, 0.25) is 0 Å². The highest BCUT2D eigenvalue weighted by Gasteiger charge is 2.25. The summed E-state index contributed by atoms with van der Waals surface area (Å²) in [7, 11) is 0. The monoisotopic (exact) mass is 366 g/mol. The summed E-state index contributed by atoms with van der Waals surface area (Å²) >= 11 is 0. The zero-order valence-electron chi connectivity index (χ0n) is 15.3. The van der Waals surface area contributed by atoms with Crippen molar-refractivity contribution in [3.63, 3.8) is 0 Å². The number of piperazine rings is 1. The molecule has 2 aromatic rings. The van der Waals surface area contributed by atoms with Crippen molar-refractivity contribution in [1.82, 2.24) is 19.9 Å². The Kier molecular flexibility index (Phi) is 6.15. The molecule has 0 unspecified atom stereocenters. The van der Waals surface area contributed by atoms with Crippen molar-refractivity contribution >= 4 is 11.9 Å². The van der Waals surface area contributed by atoms with Crippen molar-refractivity contribution in [1.29, 1.82) is 5.26 Å². The molecule has 0 radical (unpaired) electrons. The van der Waals surface area contributed by atoms with Crippen LogP contribution in [0.3, 0.4) is 0 Å². The Bertz CT molecular complexity index is 827. The first-order valence-electron chi connectivity index (χ1n) is 9.08. The number of carbonyl (C=O) groups is 1. The number of ether oxygens (including phenoxy) is 1. The highest BCUT2D eigenvalue weighted by Crippen LogP contribution is 2.17. The predicted octanol–water partition coefficient (Wildman–Crippen LogP) is 1.88. The SMILES string of the molecule is CCCCOc1ccnc(N2CCN(C(=O)c3cccnc3C#N)CC2)n1. The lowest BCUT2D eigenvalue weighted by Crippen LogP contribution is -2.49. The van der Waals surface area contributed by atoms with E-state index in [2.05, 4.69) is 21.9 Å². The summed E-state index contributed by atoms with van der Waals surface area (Å²) in [6.07, 6.45) is 5.26. The van der Waals surface area contributed by atoms with Gasteiger partial charge in [-0.3, -0.25) is 4.79 Å². The van der Waals surface area contributed by atoms with Gasteiger partial charge in [-0.1, -0.05) is 13.3 Å². The van der Waals surface area contributed by atoms with Gasteiger partial charge in [0.2, 0.25) is 11.8 Å². The smallest absolute Gasteiger partial charge is 0.256 e. The van der Waals surface area contributed by atoms with E-state index in [1.165, 1.54) is 6.20 Å². The first-order valence-corrected chi connectivity index (χ1v) is 9.08. The van der Waals surface area contributed by atoms with Crippen LogP contribution in [0, 0.1) is 11.3 Å². The average Bonchev–Trinajstić information content (AvgIpc) is 2.74. The van der Waals surface area contributed by atoms with Crippen LogP contribution < -0.4 is 9.64 Å². The van der Waals surface area contributed by atoms with Gasteiger partial charge < -0.3 is 14.5 Å². The molecule has 3 heterocycles. The number of anilines is 1. The molecule has 0 saturated carbocycles. The molecule has 8 nitrogen and oxygen atoms in total. The molecule has 1 fully saturated rings. The van der Waals surface area contributed by atoms with E-state index in [0.717, 1.165) is 12.8 Å². The molecule has 0 aromatic carbocycles. The summed E-state index contributed by atoms with van der Waals surface area (Å²) in [5.41, 5.74) is 0.501. The summed E-state index contributed by atoms with van der Waals surface area (Å²) in [5.74, 6) is 1.01. The maximum absolute atomic E-state index is 12.7. The van der Waals surface area contributed by atoms with E-state index in [1.54, 1.807) is 29.3 Å². The summed E-state index contributed by atoms with van der Waals surface area (Å²) in [6, 6.07) is 7.04. The van der Waals surface area contributed by atoms with E-state index < -0.39 is 0 Å². The van der Waals surface area contributed by atoms with Gasteiger partial charge in [0.1, 0.15) is 6.07 Å². The van der Waals surface area contributed by atoms with Crippen molar-refractivity contribution in [2.75, 3.05) is 37.7 Å². The molecular formula is C19H22N6O2. The van der Waals surface area contributed by atoms with Crippen molar-refractivity contribution in [2.45, 2.75) is 19.8 Å². The van der Waals surface area contributed by atoms with Crippen LogP contribution >= 0.6 is 0 Å². The maximum atomic E-state index is 12.7. The Labute approximate surface area is 158 Å². The number of aromatic nitrogens is 3. The van der Waals surface area contributed by atoms with Crippen molar-refractivity contribution in [3.05, 3.63) is 41.9 Å². The third-order valence-electron chi connectivity index (χ3n) is 4.36. The molecule has 1 amide bonds. The number of rotatable bonds is 6. The molecule has 1 aliphatic rings. The summed E-state index contributed by atoms with van der Waals surface area (Å²) in [5, 5.41) is 9.14. The highest BCUT2D eigenvalue weighted by atomic mass is 16.5. The van der Waals surface area contributed by atoms with E-state index in [4.69, 9.17) is 10.00 Å². The molecule has 3 rings (SSSR count). The zero-order chi connectivity index (χ0) is 19.1. The van der Waals surface area contributed by atoms with E-state index >= 15 is 0 Å². The van der Waals surface area contributed by atoms with E-state index in [-0.39, 0.29) is 11.6 Å². The molecule has 0 N–H and O–H groups in total. The summed E-state index contributed by atoms with van der Waals surface area (Å²) < 4.78 is 5.64. The van der Waals surface area contributed by atoms with Crippen molar-refractivity contribution in [3.8, 4) is 11.9 Å². The molecule has 140 valence electrons. The fourth-order valence-electron chi connectivity index (χ4n) is 2.83. The topological polar surface area (TPSA) is 95.2 Å². The number of amides is 1. The first-order chi connectivity index (χ1) is 13.2. The quantitative estimate of drug-likeness (QED) is 0.720. The van der Waals surface area contributed by atoms with Gasteiger partial charge in [-0.15, -0.1) is 0 Å². The second-order valence-corrected chi connectivity index (χ2v) is 6.19. The number of unbranched alkanes of at least 4 members (excludes halogenated alkanes) is 1. The number of pyridine rings is 1. The van der Waals surface area contributed by atoms with E-state index in [1.807, 2.05) is 11.0 Å². The van der Waals surface area contributed by atoms with Crippen LogP contribution in [0.25, 0.3) is 0 Å². The molecule has 27 heavy (non-hydrogen) atoms. The summed E-state index contributed by atoms with van der Waals surface area (Å²) in [6.45, 7) is 5.05. The fourth-order valence-corrected chi connectivity index (χ4v) is 2.83. The molecule has 1 aliphatic heterocycles. The van der Waals surface area contributed by atoms with Crippen LogP contribution in [0.15, 0.2) is 30.6 Å². The summed E-state index contributed by atoms with van der Waals surface area (Å²) in [4.78, 5) is 29.2. The van der Waals surface area contributed by atoms with Crippen molar-refractivity contribution in [2.24, 2.45) is 0 Å². The fraction of sp³-hybridized carbons (Fsp3) is 0.421. The van der Waals surface area contributed by atoms with Gasteiger partial charge in [0.05, 0.1) is 12.2 Å². The van der Waals surface area contributed by atoms with Gasteiger partial charge in [-0.05, 0) is 18.6 Å². The molecule has 0 spiro atoms. The highest BCUT2D eigenvalue weighted by molar-refractivity contribution is 5.96. The van der Waals surface area contributed by atoms with Gasteiger partial charge in [0.25, 0.3) is 5.91 Å². The lowest BCUT2D eigenvalue weighted by atomic mass is 10.1. The third-order valence-corrected chi connectivity index (χ3v) is 4.36. The van der Waals surface area contributed by atoms with Crippen LogP contribution in [0.5, 0.6) is 5.88 Å². The van der Waals surface area contributed by atoms with Gasteiger partial charge in [-0.25, -0.2) is 9.97 Å². The first kappa shape index (κ1) is 18.6. The second kappa shape index (κ2) is 8.94. The minimum Gasteiger partial charge on any atom is -0.478 e. The minimum atomic E-state index is -0.170. The molecule has 0 aliphatic carbocycles. The Morgan fingerprint density at radius 3 is 2.78 bits per heavy atom. The molecular weight excluding hydrogens is 344 g/mol. The van der Waals surface area contributed by atoms with Gasteiger partial charge in [0, 0.05) is 44.6 Å². The van der Waals surface area contributed by atoms with Crippen molar-refractivity contribution < 1.29 is 9.53 Å². The molecule has 0 bridgehead atoms. The molecule has 2 aromatic heterocycles. The third kappa shape index (κ3) is 4.50. The van der Waals surface area contributed by atoms with Gasteiger partial charge in [0.15, 0.2) is 5.69 Å². The molecule has 1 saturated heterocycles. The standard InChI is InChI=1S/C19H22N6O2/c1-2-3-13-27-17-6-8-22-19(23-17)25-11-9-24(10-12-25)18(26)15-5-4-7-21-16(15)14-20/h4-8H,2-3,9-13H2,1H3. The normalized spacial score (nSPS) is 13.9. The average molecular weight is 366 g/mol. The Balaban J connectivity index is 1.61. The van der Waals surface area contributed by atoms with Gasteiger partial charge in [-0.2, -0.15) is 10.2 Å². The lowest BCUT2D eigenvalue weighted by Gasteiger charge is -2.34. The van der Waals surface area contributed by atoms with Crippen LogP contribution in [0.4, 0.5) is 5.95 Å². The van der Waals surface area contributed by atoms with Crippen LogP contribution in [-0.2, 0) is 0 Å². The second-order valence-electron chi connectivity index (χ2n) is 6.19. The molecule has 8 heteroatoms. The van der Waals surface area contributed by atoms with E-state index in [9.17, 15) is 4.79 Å². The van der Waals surface area contributed by atoms with Crippen LogP contribution in [-0.4, -0.2) is 58.5 Å². The minimum absolute atomic E-state index is 0.158. The number of carbonyl (C=O) groups excluding carboxylic acids is 1. The van der Waals surface area contributed by atoms with Crippen LogP contribution in [0.1, 0.15) is 35.8 Å². The largest absolute Gasteiger partial charge is 0.478 e. The van der Waals surface area contributed by atoms with Gasteiger partial charge >= 0.3 is 0 Å². The Morgan fingerprint density at radius 1 is 1.22 bits per heavy atom. The Morgan fingerprint density at radius 2 is 2.04 bits per heavy atom. The Hall–Kier alpha value is -3.21. The number of nitriles is 1. The number of hydrogen-bond acceptors (Lipinski definition) is 7. The maximum Gasteiger partial charge on any atom is 0.256 e. The zero-order valence-corrected chi connectivity index (χ0v) is 15.3. The number of hydrogen-bond donors (Lipinski definition) is 0. The number of nitrogens with zero attached hydrogens (tertiary/aromatic N) is 6. The molecule has 0 atom stereocenters. The predicted molar refractivity (Wildman–Crippen MR) is 99.5 cm³/mol. The lowest BCUT2D eigenvalue weighted by molar-refractivity contribution is 0.0745. The van der Waals surface area contributed by atoms with E-state index in [0.29, 0.717) is 50.2 Å².